The highest BCUT2D eigenvalue weighted by Crippen LogP contribution is 2.27. The number of non-ortho nitro benzene ring substituents is 1. The number of nitro benzene ring substituents is 1. The first-order valence-corrected chi connectivity index (χ1v) is 9.38. The van der Waals surface area contributed by atoms with Gasteiger partial charge in [-0.05, 0) is 48.0 Å². The molecule has 0 spiro atoms. The maximum atomic E-state index is 12.7. The van der Waals surface area contributed by atoms with Gasteiger partial charge in [-0.1, -0.05) is 29.8 Å². The van der Waals surface area contributed by atoms with Crippen molar-refractivity contribution in [3.05, 3.63) is 105 Å². The molecule has 31 heavy (non-hydrogen) atoms. The van der Waals surface area contributed by atoms with Crippen molar-refractivity contribution in [2.75, 3.05) is 7.11 Å². The van der Waals surface area contributed by atoms with Crippen LogP contribution in [0.2, 0.25) is 5.02 Å². The quantitative estimate of drug-likeness (QED) is 0.123. The molecule has 3 rings (SSSR count). The van der Waals surface area contributed by atoms with Crippen molar-refractivity contribution in [2.24, 2.45) is 0 Å². The minimum absolute atomic E-state index is 0.00783. The summed E-state index contributed by atoms with van der Waals surface area (Å²) in [6.07, 6.45) is 2.97. The van der Waals surface area contributed by atoms with Gasteiger partial charge in [0, 0.05) is 23.2 Å². The van der Waals surface area contributed by atoms with Gasteiger partial charge in [0.05, 0.1) is 23.2 Å². The first kappa shape index (κ1) is 21.7. The van der Waals surface area contributed by atoms with Crippen molar-refractivity contribution in [1.82, 2.24) is 0 Å². The number of ketones is 1. The van der Waals surface area contributed by atoms with E-state index in [-0.39, 0.29) is 28.3 Å². The average molecular weight is 438 g/mol. The summed E-state index contributed by atoms with van der Waals surface area (Å²) in [5.41, 5.74) is 0.877. The Bertz CT molecular complexity index is 1150. The Balaban J connectivity index is 1.85. The Labute approximate surface area is 182 Å². The summed E-state index contributed by atoms with van der Waals surface area (Å²) >= 11 is 5.86. The molecule has 3 aromatic carbocycles. The molecule has 0 unspecified atom stereocenters. The zero-order valence-electron chi connectivity index (χ0n) is 16.3. The van der Waals surface area contributed by atoms with Crippen LogP contribution in [-0.2, 0) is 0 Å². The van der Waals surface area contributed by atoms with Crippen molar-refractivity contribution in [2.45, 2.75) is 0 Å². The SMILES string of the molecule is COc1ccc(C(=O)C=Cc2ccc(Cl)cc2)c(OC(=O)c2ccc([N+](=O)[O-])cc2)c1. The average Bonchev–Trinajstić information content (AvgIpc) is 2.78. The van der Waals surface area contributed by atoms with Crippen LogP contribution in [-0.4, -0.2) is 23.8 Å². The van der Waals surface area contributed by atoms with Gasteiger partial charge < -0.3 is 9.47 Å². The molecule has 0 heterocycles. The fourth-order valence-corrected chi connectivity index (χ4v) is 2.76. The fraction of sp³-hybridized carbons (Fsp3) is 0.0435. The van der Waals surface area contributed by atoms with Gasteiger partial charge >= 0.3 is 5.97 Å². The Kier molecular flexibility index (Phi) is 6.79. The van der Waals surface area contributed by atoms with E-state index in [0.29, 0.717) is 10.8 Å². The third-order valence-electron chi connectivity index (χ3n) is 4.27. The molecule has 0 saturated carbocycles. The van der Waals surface area contributed by atoms with Crippen LogP contribution in [0.1, 0.15) is 26.3 Å². The molecular formula is C23H16ClNO6. The number of esters is 1. The van der Waals surface area contributed by atoms with Crippen LogP contribution >= 0.6 is 11.6 Å². The minimum atomic E-state index is -0.765. The second kappa shape index (κ2) is 9.69. The van der Waals surface area contributed by atoms with E-state index in [4.69, 9.17) is 21.1 Å². The monoisotopic (exact) mass is 437 g/mol. The molecule has 0 amide bonds. The van der Waals surface area contributed by atoms with Crippen molar-refractivity contribution in [3.8, 4) is 11.5 Å². The van der Waals surface area contributed by atoms with E-state index in [1.54, 1.807) is 36.4 Å². The van der Waals surface area contributed by atoms with Gasteiger partial charge in [0.15, 0.2) is 5.78 Å². The first-order valence-electron chi connectivity index (χ1n) is 9.00. The molecule has 0 bridgehead atoms. The standard InChI is InChI=1S/C23H16ClNO6/c1-30-19-11-12-20(21(26)13-4-15-2-7-17(24)8-3-15)22(14-19)31-23(27)16-5-9-18(10-6-16)25(28)29/h2-14H,1H3. The van der Waals surface area contributed by atoms with Crippen LogP contribution in [0.25, 0.3) is 6.08 Å². The third-order valence-corrected chi connectivity index (χ3v) is 4.52. The topological polar surface area (TPSA) is 95.7 Å². The smallest absolute Gasteiger partial charge is 0.343 e. The van der Waals surface area contributed by atoms with Crippen molar-refractivity contribution in [1.29, 1.82) is 0 Å². The zero-order chi connectivity index (χ0) is 22.4. The maximum Gasteiger partial charge on any atom is 0.343 e. The van der Waals surface area contributed by atoms with Gasteiger partial charge in [0.1, 0.15) is 11.5 Å². The number of methoxy groups -OCH3 is 1. The normalized spacial score (nSPS) is 10.6. The molecule has 8 heteroatoms. The molecular weight excluding hydrogens is 422 g/mol. The van der Waals surface area contributed by atoms with Crippen LogP contribution in [0.5, 0.6) is 11.5 Å². The fourth-order valence-electron chi connectivity index (χ4n) is 2.63. The number of carbonyl (C=O) groups is 2. The Morgan fingerprint density at radius 1 is 1.00 bits per heavy atom. The number of hydrogen-bond donors (Lipinski definition) is 0. The highest BCUT2D eigenvalue weighted by Gasteiger charge is 2.17. The van der Waals surface area contributed by atoms with E-state index in [1.807, 2.05) is 0 Å². The lowest BCUT2D eigenvalue weighted by Gasteiger charge is -2.10. The zero-order valence-corrected chi connectivity index (χ0v) is 17.0. The van der Waals surface area contributed by atoms with Crippen LogP contribution < -0.4 is 9.47 Å². The summed E-state index contributed by atoms with van der Waals surface area (Å²) in [4.78, 5) is 35.4. The number of benzene rings is 3. The Morgan fingerprint density at radius 3 is 2.29 bits per heavy atom. The molecule has 3 aromatic rings. The maximum absolute atomic E-state index is 12.7. The summed E-state index contributed by atoms with van der Waals surface area (Å²) in [6.45, 7) is 0. The summed E-state index contributed by atoms with van der Waals surface area (Å²) in [5.74, 6) is -0.749. The molecule has 7 nitrogen and oxygen atoms in total. The second-order valence-corrected chi connectivity index (χ2v) is 6.74. The second-order valence-electron chi connectivity index (χ2n) is 6.30. The molecule has 0 atom stereocenters. The number of ether oxygens (including phenoxy) is 2. The predicted octanol–water partition coefficient (Wildman–Crippen LogP) is 5.37. The molecule has 0 aromatic heterocycles. The van der Waals surface area contributed by atoms with E-state index >= 15 is 0 Å². The van der Waals surface area contributed by atoms with Gasteiger partial charge in [-0.25, -0.2) is 4.79 Å². The molecule has 156 valence electrons. The number of allylic oxidation sites excluding steroid dienone is 1. The van der Waals surface area contributed by atoms with Crippen molar-refractivity contribution >= 4 is 35.1 Å². The lowest BCUT2D eigenvalue weighted by molar-refractivity contribution is -0.384. The Morgan fingerprint density at radius 2 is 1.68 bits per heavy atom. The van der Waals surface area contributed by atoms with E-state index < -0.39 is 10.9 Å². The number of halogens is 1. The first-order chi connectivity index (χ1) is 14.9. The van der Waals surface area contributed by atoms with Crippen LogP contribution in [0.3, 0.4) is 0 Å². The number of carbonyl (C=O) groups excluding carboxylic acids is 2. The van der Waals surface area contributed by atoms with E-state index in [1.165, 1.54) is 49.6 Å². The molecule has 0 fully saturated rings. The predicted molar refractivity (Wildman–Crippen MR) is 116 cm³/mol. The number of nitro groups is 1. The molecule has 0 aliphatic carbocycles. The minimum Gasteiger partial charge on any atom is -0.497 e. The lowest BCUT2D eigenvalue weighted by atomic mass is 10.1. The number of rotatable bonds is 7. The van der Waals surface area contributed by atoms with Crippen molar-refractivity contribution < 1.29 is 24.0 Å². The largest absolute Gasteiger partial charge is 0.497 e. The molecule has 0 N–H and O–H groups in total. The van der Waals surface area contributed by atoms with Crippen molar-refractivity contribution in [3.63, 3.8) is 0 Å². The molecule has 0 radical (unpaired) electrons. The van der Waals surface area contributed by atoms with Crippen LogP contribution in [0, 0.1) is 10.1 Å². The van der Waals surface area contributed by atoms with Gasteiger partial charge in [0.2, 0.25) is 0 Å². The van der Waals surface area contributed by atoms with Gasteiger partial charge in [-0.15, -0.1) is 0 Å². The summed E-state index contributed by atoms with van der Waals surface area (Å²) in [5, 5.41) is 11.4. The summed E-state index contributed by atoms with van der Waals surface area (Å²) in [6, 6.07) is 16.4. The molecule has 0 aliphatic heterocycles. The highest BCUT2D eigenvalue weighted by molar-refractivity contribution is 6.30. The summed E-state index contributed by atoms with van der Waals surface area (Å²) in [7, 11) is 1.44. The molecule has 0 aliphatic rings. The third kappa shape index (κ3) is 5.55. The summed E-state index contributed by atoms with van der Waals surface area (Å²) < 4.78 is 10.6. The number of nitrogens with zero attached hydrogens (tertiary/aromatic N) is 1. The lowest BCUT2D eigenvalue weighted by Crippen LogP contribution is -2.11. The number of hydrogen-bond acceptors (Lipinski definition) is 6. The van der Waals surface area contributed by atoms with E-state index in [9.17, 15) is 19.7 Å². The molecule has 0 saturated heterocycles. The van der Waals surface area contributed by atoms with Gasteiger partial charge in [-0.2, -0.15) is 0 Å². The highest BCUT2D eigenvalue weighted by atomic mass is 35.5. The van der Waals surface area contributed by atoms with Crippen LogP contribution in [0.15, 0.2) is 72.8 Å². The van der Waals surface area contributed by atoms with E-state index in [0.717, 1.165) is 5.56 Å². The Hall–Kier alpha value is -3.97. The van der Waals surface area contributed by atoms with Gasteiger partial charge in [0.25, 0.3) is 5.69 Å². The van der Waals surface area contributed by atoms with Gasteiger partial charge in [-0.3, -0.25) is 14.9 Å². The van der Waals surface area contributed by atoms with Crippen LogP contribution in [0.4, 0.5) is 5.69 Å². The van der Waals surface area contributed by atoms with E-state index in [2.05, 4.69) is 0 Å².